The predicted octanol–water partition coefficient (Wildman–Crippen LogP) is 2.68. The molecule has 106 valence electrons. The molecule has 0 aliphatic carbocycles. The van der Waals surface area contributed by atoms with E-state index in [9.17, 15) is 0 Å². The third-order valence-corrected chi connectivity index (χ3v) is 3.94. The summed E-state index contributed by atoms with van der Waals surface area (Å²) >= 11 is 3.63. The molecule has 0 saturated carbocycles. The van der Waals surface area contributed by atoms with Crippen LogP contribution in [0.2, 0.25) is 0 Å². The molecule has 19 heavy (non-hydrogen) atoms. The number of halogens is 1. The van der Waals surface area contributed by atoms with E-state index >= 15 is 0 Å². The summed E-state index contributed by atoms with van der Waals surface area (Å²) in [6, 6.07) is 0. The van der Waals surface area contributed by atoms with Gasteiger partial charge >= 0.3 is 0 Å². The first-order valence-electron chi connectivity index (χ1n) is 6.66. The summed E-state index contributed by atoms with van der Waals surface area (Å²) in [6.45, 7) is 9.66. The van der Waals surface area contributed by atoms with Crippen LogP contribution in [0, 0.1) is 0 Å². The van der Waals surface area contributed by atoms with E-state index in [0.29, 0.717) is 6.61 Å². The van der Waals surface area contributed by atoms with E-state index in [2.05, 4.69) is 56.9 Å². The van der Waals surface area contributed by atoms with Gasteiger partial charge in [-0.1, -0.05) is 6.92 Å². The summed E-state index contributed by atoms with van der Waals surface area (Å²) in [6.07, 6.45) is 2.68. The van der Waals surface area contributed by atoms with Gasteiger partial charge < -0.3 is 15.0 Å². The first-order chi connectivity index (χ1) is 9.06. The summed E-state index contributed by atoms with van der Waals surface area (Å²) in [4.78, 5) is 11.0. The molecule has 1 saturated heterocycles. The zero-order valence-corrected chi connectivity index (χ0v) is 13.3. The van der Waals surface area contributed by atoms with Gasteiger partial charge in [0.1, 0.15) is 22.4 Å². The van der Waals surface area contributed by atoms with Gasteiger partial charge in [-0.05, 0) is 36.2 Å². The fourth-order valence-electron chi connectivity index (χ4n) is 2.17. The number of rotatable bonds is 4. The van der Waals surface area contributed by atoms with E-state index in [1.165, 1.54) is 0 Å². The van der Waals surface area contributed by atoms with Crippen LogP contribution in [0.15, 0.2) is 10.8 Å². The number of hydrogen-bond acceptors (Lipinski definition) is 5. The van der Waals surface area contributed by atoms with Gasteiger partial charge in [0.25, 0.3) is 0 Å². The quantitative estimate of drug-likeness (QED) is 0.920. The van der Waals surface area contributed by atoms with E-state index in [-0.39, 0.29) is 5.54 Å². The smallest absolute Gasteiger partial charge is 0.149 e. The fourth-order valence-corrected chi connectivity index (χ4v) is 2.73. The lowest BCUT2D eigenvalue weighted by Crippen LogP contribution is -2.53. The number of morpholine rings is 1. The molecule has 1 N–H and O–H groups in total. The van der Waals surface area contributed by atoms with Crippen LogP contribution in [0.5, 0.6) is 0 Å². The third kappa shape index (κ3) is 3.17. The molecular formula is C13H21BrN4O. The van der Waals surface area contributed by atoms with Gasteiger partial charge in [0.15, 0.2) is 0 Å². The molecular weight excluding hydrogens is 308 g/mol. The van der Waals surface area contributed by atoms with Gasteiger partial charge in [0.2, 0.25) is 0 Å². The minimum Gasteiger partial charge on any atom is -0.377 e. The van der Waals surface area contributed by atoms with Crippen molar-refractivity contribution in [3.8, 4) is 0 Å². The van der Waals surface area contributed by atoms with Crippen LogP contribution < -0.4 is 10.2 Å². The Morgan fingerprint density at radius 1 is 1.47 bits per heavy atom. The Morgan fingerprint density at radius 2 is 2.26 bits per heavy atom. The standard InChI is InChI=1S/C13H21BrN4O/c1-4-5-15-11-10(14)12(17-9-16-11)18-6-7-19-8-13(18,2)3/h9H,4-8H2,1-3H3,(H,15,16,17). The Bertz CT molecular complexity index is 439. The highest BCUT2D eigenvalue weighted by atomic mass is 79.9. The van der Waals surface area contributed by atoms with Crippen LogP contribution in [0.3, 0.4) is 0 Å². The van der Waals surface area contributed by atoms with E-state index in [0.717, 1.165) is 42.2 Å². The van der Waals surface area contributed by atoms with Gasteiger partial charge in [-0.2, -0.15) is 0 Å². The Balaban J connectivity index is 2.28. The molecule has 2 rings (SSSR count). The molecule has 0 amide bonds. The average molecular weight is 329 g/mol. The second-order valence-corrected chi connectivity index (χ2v) is 6.10. The van der Waals surface area contributed by atoms with Crippen molar-refractivity contribution in [2.75, 3.05) is 36.5 Å². The summed E-state index contributed by atoms with van der Waals surface area (Å²) in [5.74, 6) is 1.79. The zero-order chi connectivity index (χ0) is 13.9. The van der Waals surface area contributed by atoms with Crippen molar-refractivity contribution in [1.82, 2.24) is 9.97 Å². The lowest BCUT2D eigenvalue weighted by atomic mass is 10.0. The molecule has 0 aromatic carbocycles. The summed E-state index contributed by atoms with van der Waals surface area (Å²) in [5, 5.41) is 3.31. The minimum atomic E-state index is -0.0584. The van der Waals surface area contributed by atoms with Crippen molar-refractivity contribution >= 4 is 27.6 Å². The van der Waals surface area contributed by atoms with Crippen LogP contribution in [0.4, 0.5) is 11.6 Å². The molecule has 1 aliphatic rings. The van der Waals surface area contributed by atoms with Crippen molar-refractivity contribution < 1.29 is 4.74 Å². The lowest BCUT2D eigenvalue weighted by Gasteiger charge is -2.43. The molecule has 1 aliphatic heterocycles. The normalized spacial score (nSPS) is 18.4. The van der Waals surface area contributed by atoms with Crippen LogP contribution >= 0.6 is 15.9 Å². The molecule has 1 aromatic heterocycles. The predicted molar refractivity (Wildman–Crippen MR) is 80.8 cm³/mol. The van der Waals surface area contributed by atoms with Crippen molar-refractivity contribution in [3.63, 3.8) is 0 Å². The van der Waals surface area contributed by atoms with Crippen LogP contribution in [0.1, 0.15) is 27.2 Å². The van der Waals surface area contributed by atoms with Crippen molar-refractivity contribution in [1.29, 1.82) is 0 Å². The Hall–Kier alpha value is -0.880. The zero-order valence-electron chi connectivity index (χ0n) is 11.7. The molecule has 6 heteroatoms. The first-order valence-corrected chi connectivity index (χ1v) is 7.45. The second kappa shape index (κ2) is 6.05. The van der Waals surface area contributed by atoms with Gasteiger partial charge in [-0.3, -0.25) is 0 Å². The number of hydrogen-bond donors (Lipinski definition) is 1. The van der Waals surface area contributed by atoms with E-state index in [4.69, 9.17) is 4.74 Å². The van der Waals surface area contributed by atoms with E-state index in [1.54, 1.807) is 6.33 Å². The Morgan fingerprint density at radius 3 is 2.95 bits per heavy atom. The number of nitrogens with one attached hydrogen (secondary N) is 1. The van der Waals surface area contributed by atoms with Crippen LogP contribution in [-0.4, -0.2) is 41.8 Å². The topological polar surface area (TPSA) is 50.3 Å². The van der Waals surface area contributed by atoms with Gasteiger partial charge in [0, 0.05) is 13.1 Å². The SMILES string of the molecule is CCCNc1ncnc(N2CCOCC2(C)C)c1Br. The maximum Gasteiger partial charge on any atom is 0.149 e. The fraction of sp³-hybridized carbons (Fsp3) is 0.692. The molecule has 0 spiro atoms. The number of nitrogens with zero attached hydrogens (tertiary/aromatic N) is 3. The monoisotopic (exact) mass is 328 g/mol. The third-order valence-electron chi connectivity index (χ3n) is 3.21. The molecule has 1 fully saturated rings. The molecule has 0 atom stereocenters. The van der Waals surface area contributed by atoms with Crippen LogP contribution in [0.25, 0.3) is 0 Å². The minimum absolute atomic E-state index is 0.0584. The van der Waals surface area contributed by atoms with Gasteiger partial charge in [0.05, 0.1) is 18.8 Å². The maximum absolute atomic E-state index is 5.56. The Kier molecular flexibility index (Phi) is 4.62. The summed E-state index contributed by atoms with van der Waals surface area (Å²) in [7, 11) is 0. The lowest BCUT2D eigenvalue weighted by molar-refractivity contribution is 0.0638. The van der Waals surface area contributed by atoms with Crippen LogP contribution in [-0.2, 0) is 4.74 Å². The second-order valence-electron chi connectivity index (χ2n) is 5.30. The highest BCUT2D eigenvalue weighted by Gasteiger charge is 2.33. The number of anilines is 2. The molecule has 1 aromatic rings. The number of aromatic nitrogens is 2. The molecule has 0 radical (unpaired) electrons. The van der Waals surface area contributed by atoms with Crippen molar-refractivity contribution in [2.24, 2.45) is 0 Å². The highest BCUT2D eigenvalue weighted by molar-refractivity contribution is 9.10. The maximum atomic E-state index is 5.56. The largest absolute Gasteiger partial charge is 0.377 e. The molecule has 0 unspecified atom stereocenters. The number of ether oxygens (including phenoxy) is 1. The highest BCUT2D eigenvalue weighted by Crippen LogP contribution is 2.34. The summed E-state index contributed by atoms with van der Waals surface area (Å²) < 4.78 is 6.48. The molecule has 5 nitrogen and oxygen atoms in total. The van der Waals surface area contributed by atoms with E-state index in [1.807, 2.05) is 0 Å². The molecule has 2 heterocycles. The van der Waals surface area contributed by atoms with Gasteiger partial charge in [-0.15, -0.1) is 0 Å². The summed E-state index contributed by atoms with van der Waals surface area (Å²) in [5.41, 5.74) is -0.0584. The average Bonchev–Trinajstić information content (AvgIpc) is 2.38. The first kappa shape index (κ1) is 14.5. The van der Waals surface area contributed by atoms with Crippen molar-refractivity contribution in [2.45, 2.75) is 32.7 Å². The van der Waals surface area contributed by atoms with E-state index < -0.39 is 0 Å². The van der Waals surface area contributed by atoms with Gasteiger partial charge in [-0.25, -0.2) is 9.97 Å². The molecule has 0 bridgehead atoms. The van der Waals surface area contributed by atoms with Crippen molar-refractivity contribution in [3.05, 3.63) is 10.8 Å². The Labute approximate surface area is 122 Å².